The van der Waals surface area contributed by atoms with Gasteiger partial charge in [0.15, 0.2) is 0 Å². The minimum absolute atomic E-state index is 0.0463. The van der Waals surface area contributed by atoms with Crippen LogP contribution in [0.5, 0.6) is 0 Å². The van der Waals surface area contributed by atoms with Crippen molar-refractivity contribution < 1.29 is 42.9 Å². The fraction of sp³-hybridized carbons (Fsp3) is 0.400. The summed E-state index contributed by atoms with van der Waals surface area (Å²) >= 11 is 43.6. The number of halogens is 10. The van der Waals surface area contributed by atoms with Crippen LogP contribution in [0.4, 0.5) is 13.2 Å². The Morgan fingerprint density at radius 3 is 1.43 bits per heavy atom. The molecule has 3 amide bonds. The van der Waals surface area contributed by atoms with Gasteiger partial charge >= 0.3 is 0 Å². The van der Waals surface area contributed by atoms with Crippen LogP contribution >= 0.6 is 81.2 Å². The third-order valence-corrected chi connectivity index (χ3v) is 16.2. The lowest BCUT2D eigenvalue weighted by Gasteiger charge is -2.18. The first-order valence-electron chi connectivity index (χ1n) is 27.8. The van der Waals surface area contributed by atoms with Crippen LogP contribution < -0.4 is 16.0 Å². The molecule has 2 unspecified atom stereocenters. The van der Waals surface area contributed by atoms with E-state index in [4.69, 9.17) is 81.2 Å². The van der Waals surface area contributed by atoms with Crippen molar-refractivity contribution in [1.82, 2.24) is 16.0 Å². The molecule has 2 aliphatic rings. The number of nitrogens with one attached hydrogen (secondary N) is 3. The van der Waals surface area contributed by atoms with Crippen molar-refractivity contribution in [1.29, 1.82) is 0 Å². The number of benzene rings is 6. The third-order valence-electron chi connectivity index (χ3n) is 14.2. The molecule has 2 fully saturated rings. The average molecular weight is 1300 g/mol. The topological polar surface area (TPSA) is 148 Å². The van der Waals surface area contributed by atoms with Crippen LogP contribution in [0.2, 0.25) is 35.2 Å². The van der Waals surface area contributed by atoms with E-state index in [-0.39, 0.29) is 61.6 Å². The van der Waals surface area contributed by atoms with Crippen LogP contribution in [-0.2, 0) is 52.9 Å². The zero-order chi connectivity index (χ0) is 61.8. The molecule has 6 aromatic rings. The lowest BCUT2D eigenvalue weighted by Crippen LogP contribution is -2.38. The van der Waals surface area contributed by atoms with Crippen molar-refractivity contribution in [3.63, 3.8) is 0 Å². The molecule has 0 radical (unpaired) electrons. The van der Waals surface area contributed by atoms with Gasteiger partial charge in [-0.3, -0.25) is 14.4 Å². The quantitative estimate of drug-likeness (QED) is 0.0449. The summed E-state index contributed by atoms with van der Waals surface area (Å²) in [7, 11) is 0. The highest BCUT2D eigenvalue weighted by atomic mass is 35.5. The van der Waals surface area contributed by atoms with E-state index in [2.05, 4.69) is 29.8 Å². The Hall–Kier alpha value is -4.57. The second kappa shape index (κ2) is 30.9. The molecule has 2 aliphatic carbocycles. The second-order valence-corrected chi connectivity index (χ2v) is 26.2. The number of hydrogen-bond donors (Lipinski definition) is 6. The maximum Gasteiger partial charge on any atom is 0.224 e. The maximum atomic E-state index is 14.3. The molecule has 0 spiro atoms. The van der Waals surface area contributed by atoms with E-state index in [1.807, 2.05) is 12.1 Å². The van der Waals surface area contributed by atoms with Gasteiger partial charge in [0.05, 0.1) is 36.6 Å². The zero-order valence-electron chi connectivity index (χ0n) is 47.7. The van der Waals surface area contributed by atoms with E-state index in [1.54, 1.807) is 88.4 Å². The molecule has 452 valence electrons. The van der Waals surface area contributed by atoms with Crippen LogP contribution in [0.15, 0.2) is 91.0 Å². The molecule has 0 saturated heterocycles. The molecule has 6 aromatic carbocycles. The van der Waals surface area contributed by atoms with Crippen LogP contribution in [0.25, 0.3) is 0 Å². The summed E-state index contributed by atoms with van der Waals surface area (Å²) < 4.78 is 42.6. The molecule has 0 aliphatic heterocycles. The van der Waals surface area contributed by atoms with Gasteiger partial charge in [0.25, 0.3) is 0 Å². The number of aliphatic hydroxyl groups is 3. The number of rotatable bonds is 20. The van der Waals surface area contributed by atoms with Crippen LogP contribution in [0, 0.1) is 17.5 Å². The Labute approximate surface area is 525 Å². The summed E-state index contributed by atoms with van der Waals surface area (Å²) in [5.74, 6) is -1.42. The molecule has 2 saturated carbocycles. The average Bonchev–Trinajstić information content (AvgIpc) is 2.85. The smallest absolute Gasteiger partial charge is 0.224 e. The first-order chi connectivity index (χ1) is 39.4. The fourth-order valence-corrected chi connectivity index (χ4v) is 11.8. The minimum atomic E-state index is -1.02. The fourth-order valence-electron chi connectivity index (χ4n) is 9.70. The summed E-state index contributed by atoms with van der Waals surface area (Å²) in [5, 5.41) is 40.9. The molecule has 19 heteroatoms. The third kappa shape index (κ3) is 22.0. The van der Waals surface area contributed by atoms with Gasteiger partial charge in [-0.2, -0.15) is 0 Å². The van der Waals surface area contributed by atoms with Crippen LogP contribution in [0.1, 0.15) is 153 Å². The standard InChI is InChI=1S/C23H26Cl2FNO2.C22H26Cl2FNO2.C20H19Cl3FNO2/c1-23(2,29)7-8-27-22(28)11-16-9-14(3-6-21(16)26)10-19-18(15-4-5-15)12-17(24)13-20(19)25;1-13(2)17-10-16(23)11-19(24)18(17)8-14-5-6-20(25)15(7-14)9-21(27)26-12-22(3,4)28;21-13-8-17(22)16(18(23)9-13)6-11-1-4-19(24)12(5-11)7-20(27)25-14-2-3-15(26)10-14/h3,6,9,12-13,15,29H,4-5,7-8,10-11H2,1-2H3,(H,27,28);5-7,10-11,13,28H,8-9,12H2,1-4H3,(H,26,27);1,4-5,8-9,14-15,26H,2-3,6-7,10H2,(H,25,27). The summed E-state index contributed by atoms with van der Waals surface area (Å²) in [5.41, 5.74) is 6.53. The normalized spacial score (nSPS) is 15.0. The van der Waals surface area contributed by atoms with Crippen molar-refractivity contribution in [2.45, 2.75) is 154 Å². The summed E-state index contributed by atoms with van der Waals surface area (Å²) in [6.07, 6.45) is 5.56. The highest BCUT2D eigenvalue weighted by molar-refractivity contribution is 6.39. The van der Waals surface area contributed by atoms with Gasteiger partial charge < -0.3 is 31.3 Å². The largest absolute Gasteiger partial charge is 0.393 e. The Balaban J connectivity index is 0.000000202. The highest BCUT2D eigenvalue weighted by Gasteiger charge is 2.28. The molecule has 8 rings (SSSR count). The van der Waals surface area contributed by atoms with Gasteiger partial charge in [0.2, 0.25) is 17.7 Å². The van der Waals surface area contributed by atoms with E-state index < -0.39 is 28.7 Å². The second-order valence-electron chi connectivity index (χ2n) is 23.3. The SMILES string of the molecule is CC(C)(O)CCNC(=O)Cc1cc(Cc2c(Cl)cc(Cl)cc2C2CC2)ccc1F.CC(C)c1cc(Cl)cc(Cl)c1Cc1ccc(F)c(CC(=O)NCC(C)(C)O)c1.O=C(Cc1cc(Cc2c(Cl)cc(Cl)cc2Cl)ccc1F)NC1CCC(O)C1. The Bertz CT molecular complexity index is 3290. The predicted octanol–water partition coefficient (Wildman–Crippen LogP) is 15.6. The van der Waals surface area contributed by atoms with Gasteiger partial charge in [-0.15, -0.1) is 0 Å². The van der Waals surface area contributed by atoms with Gasteiger partial charge in [0, 0.05) is 60.7 Å². The molecule has 0 heterocycles. The predicted molar refractivity (Wildman–Crippen MR) is 334 cm³/mol. The van der Waals surface area contributed by atoms with Gasteiger partial charge in [-0.1, -0.05) is 131 Å². The Morgan fingerprint density at radius 1 is 0.548 bits per heavy atom. The minimum Gasteiger partial charge on any atom is -0.393 e. The van der Waals surface area contributed by atoms with Gasteiger partial charge in [-0.25, -0.2) is 13.2 Å². The van der Waals surface area contributed by atoms with E-state index in [9.17, 15) is 42.9 Å². The lowest BCUT2D eigenvalue weighted by molar-refractivity contribution is -0.122. The molecule has 2 atom stereocenters. The summed E-state index contributed by atoms with van der Waals surface area (Å²) in [4.78, 5) is 36.5. The number of carbonyl (C=O) groups excluding carboxylic acids is 3. The number of aliphatic hydroxyl groups excluding tert-OH is 1. The van der Waals surface area contributed by atoms with Crippen molar-refractivity contribution in [2.24, 2.45) is 0 Å². The number of carbonyl (C=O) groups is 3. The lowest BCUT2D eigenvalue weighted by atomic mass is 9.92. The van der Waals surface area contributed by atoms with E-state index in [1.165, 1.54) is 18.2 Å². The van der Waals surface area contributed by atoms with Crippen LogP contribution in [-0.4, -0.2) is 69.5 Å². The molecule has 0 bridgehead atoms. The number of hydrogen-bond acceptors (Lipinski definition) is 6. The van der Waals surface area contributed by atoms with Crippen molar-refractivity contribution in [3.8, 4) is 0 Å². The zero-order valence-corrected chi connectivity index (χ0v) is 53.0. The van der Waals surface area contributed by atoms with Crippen molar-refractivity contribution in [2.75, 3.05) is 13.1 Å². The van der Waals surface area contributed by atoms with Crippen molar-refractivity contribution in [3.05, 3.63) is 205 Å². The van der Waals surface area contributed by atoms with E-state index in [0.717, 1.165) is 58.2 Å². The molecular weight excluding hydrogens is 1220 g/mol. The molecule has 0 aromatic heterocycles. The molecule has 9 nitrogen and oxygen atoms in total. The molecular formula is C65H71Cl7F3N3O6. The van der Waals surface area contributed by atoms with E-state index in [0.29, 0.717) is 108 Å². The summed E-state index contributed by atoms with van der Waals surface area (Å²) in [6.45, 7) is 11.1. The number of amides is 3. The Kier molecular flexibility index (Phi) is 25.2. The van der Waals surface area contributed by atoms with Gasteiger partial charge in [0.1, 0.15) is 17.5 Å². The van der Waals surface area contributed by atoms with Gasteiger partial charge in [-0.05, 0) is 207 Å². The van der Waals surface area contributed by atoms with Crippen molar-refractivity contribution >= 4 is 98.9 Å². The first kappa shape index (κ1) is 68.5. The summed E-state index contributed by atoms with van der Waals surface area (Å²) in [6, 6.07) is 24.7. The maximum absolute atomic E-state index is 14.3. The highest BCUT2D eigenvalue weighted by Crippen LogP contribution is 2.45. The first-order valence-corrected chi connectivity index (χ1v) is 30.4. The van der Waals surface area contributed by atoms with E-state index >= 15 is 0 Å². The van der Waals surface area contributed by atoms with Crippen LogP contribution in [0.3, 0.4) is 0 Å². The molecule has 6 N–H and O–H groups in total. The molecule has 84 heavy (non-hydrogen) atoms. The Morgan fingerprint density at radius 2 is 0.976 bits per heavy atom. The monoisotopic (exact) mass is 1290 g/mol.